The van der Waals surface area contributed by atoms with E-state index in [2.05, 4.69) is 22.4 Å². The van der Waals surface area contributed by atoms with Gasteiger partial charge in [-0.15, -0.1) is 0 Å². The van der Waals surface area contributed by atoms with Crippen LogP contribution in [0.1, 0.15) is 37.4 Å². The molecule has 2 fully saturated rings. The van der Waals surface area contributed by atoms with Gasteiger partial charge >= 0.3 is 0 Å². The number of nitrogens with zero attached hydrogens (tertiary/aromatic N) is 3. The Morgan fingerprint density at radius 1 is 1.32 bits per heavy atom. The highest BCUT2D eigenvalue weighted by atomic mass is 35.5. The van der Waals surface area contributed by atoms with Crippen molar-refractivity contribution in [1.29, 1.82) is 0 Å². The van der Waals surface area contributed by atoms with Crippen LogP contribution in [0.3, 0.4) is 0 Å². The molecule has 2 saturated heterocycles. The minimum atomic E-state index is 0.316. The molecule has 2 aliphatic heterocycles. The SMILES string of the molecule is CNC(c1c(Cl)cnn1C)C1CC2CCC(C1)N2C. The monoisotopic (exact) mass is 282 g/mol. The number of nitrogens with one attached hydrogen (secondary N) is 1. The molecule has 0 radical (unpaired) electrons. The van der Waals surface area contributed by atoms with Gasteiger partial charge in [-0.25, -0.2) is 0 Å². The summed E-state index contributed by atoms with van der Waals surface area (Å²) in [5, 5.41) is 8.54. The van der Waals surface area contributed by atoms with Gasteiger partial charge in [0.1, 0.15) is 0 Å². The maximum atomic E-state index is 6.32. The van der Waals surface area contributed by atoms with E-state index in [9.17, 15) is 0 Å². The lowest BCUT2D eigenvalue weighted by molar-refractivity contribution is 0.112. The maximum absolute atomic E-state index is 6.32. The molecule has 0 aliphatic carbocycles. The second-order valence-electron chi connectivity index (χ2n) is 6.05. The Hall–Kier alpha value is -0.580. The molecular formula is C14H23ClN4. The fraction of sp³-hybridized carbons (Fsp3) is 0.786. The van der Waals surface area contributed by atoms with Crippen LogP contribution in [0.4, 0.5) is 0 Å². The van der Waals surface area contributed by atoms with E-state index < -0.39 is 0 Å². The Labute approximate surface area is 120 Å². The first-order chi connectivity index (χ1) is 9.11. The highest BCUT2D eigenvalue weighted by molar-refractivity contribution is 6.31. The summed E-state index contributed by atoms with van der Waals surface area (Å²) in [4.78, 5) is 2.58. The Morgan fingerprint density at radius 2 is 1.95 bits per heavy atom. The van der Waals surface area contributed by atoms with Gasteiger partial charge in [-0.05, 0) is 45.7 Å². The molecule has 0 aromatic carbocycles. The smallest absolute Gasteiger partial charge is 0.0834 e. The number of aromatic nitrogens is 2. The number of halogens is 1. The van der Waals surface area contributed by atoms with Crippen molar-refractivity contribution in [3.8, 4) is 0 Å². The van der Waals surface area contributed by atoms with Crippen LogP contribution < -0.4 is 5.32 Å². The molecule has 0 amide bonds. The zero-order valence-electron chi connectivity index (χ0n) is 11.9. The second-order valence-corrected chi connectivity index (χ2v) is 6.46. The zero-order chi connectivity index (χ0) is 13.6. The predicted octanol–water partition coefficient (Wildman–Crippen LogP) is 2.21. The summed E-state index contributed by atoms with van der Waals surface area (Å²) in [6, 6.07) is 1.83. The lowest BCUT2D eigenvalue weighted by Crippen LogP contribution is -2.43. The van der Waals surface area contributed by atoms with Crippen LogP contribution in [0.15, 0.2) is 6.20 Å². The molecule has 0 spiro atoms. The van der Waals surface area contributed by atoms with Crippen LogP contribution in [0, 0.1) is 5.92 Å². The molecule has 3 rings (SSSR count). The normalized spacial score (nSPS) is 32.7. The van der Waals surface area contributed by atoms with Crippen LogP contribution in [0.5, 0.6) is 0 Å². The number of aryl methyl sites for hydroxylation is 1. The van der Waals surface area contributed by atoms with Gasteiger partial charge in [-0.1, -0.05) is 11.6 Å². The Balaban J connectivity index is 1.84. The van der Waals surface area contributed by atoms with Crippen molar-refractivity contribution in [2.75, 3.05) is 14.1 Å². The number of piperidine rings is 1. The summed E-state index contributed by atoms with van der Waals surface area (Å²) in [7, 11) is 6.30. The molecule has 3 unspecified atom stereocenters. The lowest BCUT2D eigenvalue weighted by Gasteiger charge is -2.39. The van der Waals surface area contributed by atoms with Gasteiger partial charge in [0, 0.05) is 19.1 Å². The minimum Gasteiger partial charge on any atom is -0.311 e. The highest BCUT2D eigenvalue weighted by Gasteiger charge is 2.41. The van der Waals surface area contributed by atoms with Gasteiger partial charge in [0.15, 0.2) is 0 Å². The first kappa shape index (κ1) is 13.4. The van der Waals surface area contributed by atoms with Gasteiger partial charge in [0.2, 0.25) is 0 Å². The second kappa shape index (κ2) is 5.08. The van der Waals surface area contributed by atoms with E-state index >= 15 is 0 Å². The summed E-state index contributed by atoms with van der Waals surface area (Å²) in [5.41, 5.74) is 1.14. The van der Waals surface area contributed by atoms with Crippen molar-refractivity contribution in [1.82, 2.24) is 20.0 Å². The van der Waals surface area contributed by atoms with Gasteiger partial charge in [0.25, 0.3) is 0 Å². The lowest BCUT2D eigenvalue weighted by atomic mass is 9.83. The maximum Gasteiger partial charge on any atom is 0.0834 e. The van der Waals surface area contributed by atoms with Gasteiger partial charge < -0.3 is 10.2 Å². The van der Waals surface area contributed by atoms with Crippen molar-refractivity contribution < 1.29 is 0 Å². The predicted molar refractivity (Wildman–Crippen MR) is 77.3 cm³/mol. The van der Waals surface area contributed by atoms with E-state index in [1.165, 1.54) is 25.7 Å². The standard InChI is InChI=1S/C14H23ClN4/c1-16-13(14-12(15)8-17-19(14)3)9-6-10-4-5-11(7-9)18(10)2/h8-11,13,16H,4-7H2,1-3H3. The molecular weight excluding hydrogens is 260 g/mol. The van der Waals surface area contributed by atoms with E-state index in [1.807, 2.05) is 18.8 Å². The van der Waals surface area contributed by atoms with Crippen LogP contribution in [0.25, 0.3) is 0 Å². The van der Waals surface area contributed by atoms with Crippen LogP contribution >= 0.6 is 11.6 Å². The van der Waals surface area contributed by atoms with Crippen molar-refractivity contribution in [2.45, 2.75) is 43.8 Å². The molecule has 2 bridgehead atoms. The van der Waals surface area contributed by atoms with E-state index in [0.29, 0.717) is 12.0 Å². The number of rotatable bonds is 3. The van der Waals surface area contributed by atoms with Crippen LogP contribution in [-0.2, 0) is 7.05 Å². The van der Waals surface area contributed by atoms with Crippen molar-refractivity contribution >= 4 is 11.6 Å². The molecule has 106 valence electrons. The van der Waals surface area contributed by atoms with Gasteiger partial charge in [-0.3, -0.25) is 4.68 Å². The molecule has 19 heavy (non-hydrogen) atoms. The first-order valence-corrected chi connectivity index (χ1v) is 7.56. The Bertz CT molecular complexity index is 425. The summed E-state index contributed by atoms with van der Waals surface area (Å²) >= 11 is 6.32. The number of fused-ring (bicyclic) bond motifs is 2. The third-order valence-corrected chi connectivity index (χ3v) is 5.44. The van der Waals surface area contributed by atoms with E-state index in [4.69, 9.17) is 11.6 Å². The average molecular weight is 283 g/mol. The number of hydrogen-bond acceptors (Lipinski definition) is 3. The summed E-state index contributed by atoms with van der Waals surface area (Å²) in [6.45, 7) is 0. The Morgan fingerprint density at radius 3 is 2.42 bits per heavy atom. The van der Waals surface area contributed by atoms with Crippen molar-refractivity contribution in [2.24, 2.45) is 13.0 Å². The Kier molecular flexibility index (Phi) is 3.58. The molecule has 1 aromatic heterocycles. The van der Waals surface area contributed by atoms with Gasteiger partial charge in [0.05, 0.1) is 23.0 Å². The summed E-state index contributed by atoms with van der Waals surface area (Å²) in [5.74, 6) is 0.659. The van der Waals surface area contributed by atoms with E-state index in [0.717, 1.165) is 22.8 Å². The van der Waals surface area contributed by atoms with Gasteiger partial charge in [-0.2, -0.15) is 5.10 Å². The van der Waals surface area contributed by atoms with Crippen molar-refractivity contribution in [3.63, 3.8) is 0 Å². The molecule has 3 atom stereocenters. The molecule has 1 aromatic rings. The highest BCUT2D eigenvalue weighted by Crippen LogP contribution is 2.43. The van der Waals surface area contributed by atoms with E-state index in [1.54, 1.807) is 6.20 Å². The molecule has 0 saturated carbocycles. The fourth-order valence-corrected chi connectivity index (χ4v) is 4.37. The zero-order valence-corrected chi connectivity index (χ0v) is 12.7. The third kappa shape index (κ3) is 2.20. The minimum absolute atomic E-state index is 0.316. The third-order valence-electron chi connectivity index (χ3n) is 5.15. The van der Waals surface area contributed by atoms with Crippen LogP contribution in [-0.4, -0.2) is 40.9 Å². The topological polar surface area (TPSA) is 33.1 Å². The van der Waals surface area contributed by atoms with E-state index in [-0.39, 0.29) is 0 Å². The number of hydrogen-bond donors (Lipinski definition) is 1. The largest absolute Gasteiger partial charge is 0.311 e. The quantitative estimate of drug-likeness (QED) is 0.923. The van der Waals surface area contributed by atoms with Crippen molar-refractivity contribution in [3.05, 3.63) is 16.9 Å². The summed E-state index contributed by atoms with van der Waals surface area (Å²) in [6.07, 6.45) is 6.99. The molecule has 3 heterocycles. The average Bonchev–Trinajstić information content (AvgIpc) is 2.81. The summed E-state index contributed by atoms with van der Waals surface area (Å²) < 4.78 is 1.92. The first-order valence-electron chi connectivity index (χ1n) is 7.18. The molecule has 5 heteroatoms. The molecule has 2 aliphatic rings. The molecule has 1 N–H and O–H groups in total. The molecule has 4 nitrogen and oxygen atoms in total. The fourth-order valence-electron chi connectivity index (χ4n) is 4.09. The van der Waals surface area contributed by atoms with Crippen LogP contribution in [0.2, 0.25) is 5.02 Å².